The van der Waals surface area contributed by atoms with Gasteiger partial charge in [0.25, 0.3) is 0 Å². The number of thiophene rings is 1. The molecule has 116 valence electrons. The van der Waals surface area contributed by atoms with E-state index in [0.717, 1.165) is 39.0 Å². The summed E-state index contributed by atoms with van der Waals surface area (Å²) in [6.45, 7) is 5.13. The van der Waals surface area contributed by atoms with E-state index in [4.69, 9.17) is 10.5 Å². The molecule has 3 rings (SSSR count). The van der Waals surface area contributed by atoms with Gasteiger partial charge in [0.05, 0.1) is 10.4 Å². The smallest absolute Gasteiger partial charge is 0.230 e. The fourth-order valence-corrected chi connectivity index (χ4v) is 3.97. The highest BCUT2D eigenvalue weighted by Gasteiger charge is 2.42. The first-order valence-corrected chi connectivity index (χ1v) is 8.49. The van der Waals surface area contributed by atoms with Crippen LogP contribution in [0.2, 0.25) is 0 Å². The molecule has 1 amide bonds. The SMILES string of the molecule is NCC1(C(=O)N2CCN(c3cccs3)CC2)CCOCC1. The Morgan fingerprint density at radius 2 is 2.00 bits per heavy atom. The van der Waals surface area contributed by atoms with Crippen LogP contribution in [0.3, 0.4) is 0 Å². The monoisotopic (exact) mass is 309 g/mol. The molecule has 2 fully saturated rings. The molecule has 0 bridgehead atoms. The van der Waals surface area contributed by atoms with E-state index in [1.165, 1.54) is 5.00 Å². The molecule has 2 aliphatic rings. The van der Waals surface area contributed by atoms with E-state index in [1.807, 2.05) is 4.90 Å². The molecule has 3 heterocycles. The number of amides is 1. The summed E-state index contributed by atoms with van der Waals surface area (Å²) in [6.07, 6.45) is 1.51. The first-order valence-electron chi connectivity index (χ1n) is 7.61. The van der Waals surface area contributed by atoms with E-state index in [1.54, 1.807) is 11.3 Å². The molecule has 0 radical (unpaired) electrons. The predicted octanol–water partition coefficient (Wildman–Crippen LogP) is 1.15. The highest BCUT2D eigenvalue weighted by molar-refractivity contribution is 7.14. The summed E-state index contributed by atoms with van der Waals surface area (Å²) in [5, 5.41) is 3.39. The molecule has 0 aliphatic carbocycles. The molecule has 2 saturated heterocycles. The number of carbonyl (C=O) groups excluding carboxylic acids is 1. The molecule has 0 aromatic carbocycles. The Bertz CT molecular complexity index is 463. The fourth-order valence-electron chi connectivity index (χ4n) is 3.18. The van der Waals surface area contributed by atoms with Crippen LogP contribution in [0.25, 0.3) is 0 Å². The average Bonchev–Trinajstić information content (AvgIpc) is 3.09. The Balaban J connectivity index is 1.62. The third-order valence-electron chi connectivity index (χ3n) is 4.68. The second-order valence-electron chi connectivity index (χ2n) is 5.83. The van der Waals surface area contributed by atoms with Crippen molar-refractivity contribution in [1.82, 2.24) is 4.90 Å². The van der Waals surface area contributed by atoms with E-state index in [9.17, 15) is 4.79 Å². The van der Waals surface area contributed by atoms with E-state index in [2.05, 4.69) is 22.4 Å². The molecular formula is C15H23N3O2S. The summed E-state index contributed by atoms with van der Waals surface area (Å²) in [7, 11) is 0. The minimum Gasteiger partial charge on any atom is -0.381 e. The van der Waals surface area contributed by atoms with Crippen LogP contribution in [0.15, 0.2) is 17.5 Å². The zero-order chi connectivity index (χ0) is 14.7. The van der Waals surface area contributed by atoms with Gasteiger partial charge in [-0.3, -0.25) is 4.79 Å². The quantitative estimate of drug-likeness (QED) is 0.910. The van der Waals surface area contributed by atoms with Gasteiger partial charge in [-0.2, -0.15) is 0 Å². The van der Waals surface area contributed by atoms with Gasteiger partial charge in [-0.1, -0.05) is 0 Å². The lowest BCUT2D eigenvalue weighted by molar-refractivity contribution is -0.147. The summed E-state index contributed by atoms with van der Waals surface area (Å²) in [4.78, 5) is 17.2. The fraction of sp³-hybridized carbons (Fsp3) is 0.667. The topological polar surface area (TPSA) is 58.8 Å². The normalized spacial score (nSPS) is 22.3. The van der Waals surface area contributed by atoms with Crippen LogP contribution in [0.5, 0.6) is 0 Å². The number of hydrogen-bond acceptors (Lipinski definition) is 5. The van der Waals surface area contributed by atoms with Crippen molar-refractivity contribution in [2.24, 2.45) is 11.1 Å². The molecular weight excluding hydrogens is 286 g/mol. The number of nitrogens with zero attached hydrogens (tertiary/aromatic N) is 2. The van der Waals surface area contributed by atoms with Crippen molar-refractivity contribution in [3.05, 3.63) is 17.5 Å². The van der Waals surface area contributed by atoms with Crippen LogP contribution in [-0.2, 0) is 9.53 Å². The number of anilines is 1. The Hall–Kier alpha value is -1.11. The number of piperazine rings is 1. The lowest BCUT2D eigenvalue weighted by Gasteiger charge is -2.42. The van der Waals surface area contributed by atoms with Crippen LogP contribution >= 0.6 is 11.3 Å². The summed E-state index contributed by atoms with van der Waals surface area (Å²) in [6, 6.07) is 4.21. The number of hydrogen-bond donors (Lipinski definition) is 1. The molecule has 2 N–H and O–H groups in total. The van der Waals surface area contributed by atoms with E-state index in [0.29, 0.717) is 19.8 Å². The Morgan fingerprint density at radius 3 is 2.57 bits per heavy atom. The number of rotatable bonds is 3. The zero-order valence-corrected chi connectivity index (χ0v) is 13.1. The van der Waals surface area contributed by atoms with E-state index < -0.39 is 0 Å². The van der Waals surface area contributed by atoms with Gasteiger partial charge in [-0.05, 0) is 30.4 Å². The molecule has 1 aromatic rings. The molecule has 0 unspecified atom stereocenters. The van der Waals surface area contributed by atoms with Crippen molar-refractivity contribution >= 4 is 22.2 Å². The van der Waals surface area contributed by atoms with Crippen molar-refractivity contribution in [3.63, 3.8) is 0 Å². The van der Waals surface area contributed by atoms with Crippen LogP contribution in [-0.4, -0.2) is 56.7 Å². The van der Waals surface area contributed by atoms with Crippen molar-refractivity contribution < 1.29 is 9.53 Å². The largest absolute Gasteiger partial charge is 0.381 e. The van der Waals surface area contributed by atoms with Crippen molar-refractivity contribution in [3.8, 4) is 0 Å². The Kier molecular flexibility index (Phi) is 4.47. The maximum atomic E-state index is 12.9. The highest BCUT2D eigenvalue weighted by Crippen LogP contribution is 2.32. The molecule has 1 aromatic heterocycles. The average molecular weight is 309 g/mol. The highest BCUT2D eigenvalue weighted by atomic mass is 32.1. The Labute approximate surface area is 129 Å². The van der Waals surface area contributed by atoms with Crippen LogP contribution < -0.4 is 10.6 Å². The third-order valence-corrected chi connectivity index (χ3v) is 5.61. The molecule has 6 heteroatoms. The number of nitrogens with two attached hydrogens (primary N) is 1. The molecule has 21 heavy (non-hydrogen) atoms. The van der Waals surface area contributed by atoms with Crippen molar-refractivity contribution in [2.75, 3.05) is 50.8 Å². The maximum absolute atomic E-state index is 12.9. The van der Waals surface area contributed by atoms with Crippen LogP contribution in [0, 0.1) is 5.41 Å². The maximum Gasteiger partial charge on any atom is 0.230 e. The van der Waals surface area contributed by atoms with Gasteiger partial charge in [0.2, 0.25) is 5.91 Å². The summed E-state index contributed by atoms with van der Waals surface area (Å²) >= 11 is 1.76. The number of carbonyl (C=O) groups is 1. The van der Waals surface area contributed by atoms with Gasteiger partial charge in [-0.15, -0.1) is 11.3 Å². The summed E-state index contributed by atoms with van der Waals surface area (Å²) in [5.74, 6) is 0.235. The van der Waals surface area contributed by atoms with Crippen LogP contribution in [0.4, 0.5) is 5.00 Å². The summed E-state index contributed by atoms with van der Waals surface area (Å²) < 4.78 is 5.40. The molecule has 0 spiro atoms. The second-order valence-corrected chi connectivity index (χ2v) is 6.75. The third kappa shape index (κ3) is 2.93. The van der Waals surface area contributed by atoms with Gasteiger partial charge in [0, 0.05) is 45.9 Å². The standard InChI is InChI=1S/C15H23N3O2S/c16-12-15(3-9-20-10-4-15)14(19)18-7-5-17(6-8-18)13-2-1-11-21-13/h1-2,11H,3-10,12,16H2. The molecule has 0 atom stereocenters. The van der Waals surface area contributed by atoms with E-state index >= 15 is 0 Å². The van der Waals surface area contributed by atoms with Crippen LogP contribution in [0.1, 0.15) is 12.8 Å². The molecule has 5 nitrogen and oxygen atoms in total. The van der Waals surface area contributed by atoms with Gasteiger partial charge >= 0.3 is 0 Å². The lowest BCUT2D eigenvalue weighted by Crippen LogP contribution is -2.56. The van der Waals surface area contributed by atoms with Crippen molar-refractivity contribution in [1.29, 1.82) is 0 Å². The molecule has 0 saturated carbocycles. The summed E-state index contributed by atoms with van der Waals surface area (Å²) in [5.41, 5.74) is 5.55. The van der Waals surface area contributed by atoms with Gasteiger partial charge in [0.15, 0.2) is 0 Å². The van der Waals surface area contributed by atoms with Gasteiger partial charge < -0.3 is 20.3 Å². The Morgan fingerprint density at radius 1 is 1.29 bits per heavy atom. The minimum absolute atomic E-state index is 0.235. The van der Waals surface area contributed by atoms with Gasteiger partial charge in [-0.25, -0.2) is 0 Å². The minimum atomic E-state index is -0.386. The first-order chi connectivity index (χ1) is 10.2. The van der Waals surface area contributed by atoms with Crippen molar-refractivity contribution in [2.45, 2.75) is 12.8 Å². The first kappa shape index (κ1) is 14.8. The molecule has 2 aliphatic heterocycles. The number of ether oxygens (including phenoxy) is 1. The second kappa shape index (κ2) is 6.34. The predicted molar refractivity (Wildman–Crippen MR) is 84.7 cm³/mol. The van der Waals surface area contributed by atoms with E-state index in [-0.39, 0.29) is 11.3 Å². The zero-order valence-electron chi connectivity index (χ0n) is 12.3. The lowest BCUT2D eigenvalue weighted by atomic mass is 9.78. The van der Waals surface area contributed by atoms with Gasteiger partial charge in [0.1, 0.15) is 0 Å².